The standard InChI is InChI=1S/C9H17NO2/c1-9(5-6-12-2)4-3-8(11)10-7-9/h3-7H2,1-2H3,(H,10,11). The van der Waals surface area contributed by atoms with E-state index in [4.69, 9.17) is 4.74 Å². The van der Waals surface area contributed by atoms with Gasteiger partial charge in [0.2, 0.25) is 5.91 Å². The molecule has 1 N–H and O–H groups in total. The number of rotatable bonds is 3. The van der Waals surface area contributed by atoms with Crippen molar-refractivity contribution >= 4 is 5.91 Å². The van der Waals surface area contributed by atoms with Gasteiger partial charge in [0.1, 0.15) is 0 Å². The number of hydrogen-bond acceptors (Lipinski definition) is 2. The second kappa shape index (κ2) is 3.90. The van der Waals surface area contributed by atoms with Gasteiger partial charge in [0.25, 0.3) is 0 Å². The highest BCUT2D eigenvalue weighted by Crippen LogP contribution is 2.29. The first-order valence-electron chi connectivity index (χ1n) is 4.42. The summed E-state index contributed by atoms with van der Waals surface area (Å²) in [7, 11) is 1.71. The number of carbonyl (C=O) groups is 1. The third-order valence-electron chi connectivity index (χ3n) is 2.58. The summed E-state index contributed by atoms with van der Waals surface area (Å²) in [5.41, 5.74) is 0.254. The van der Waals surface area contributed by atoms with Crippen LogP contribution in [0.3, 0.4) is 0 Å². The van der Waals surface area contributed by atoms with Gasteiger partial charge < -0.3 is 10.1 Å². The van der Waals surface area contributed by atoms with E-state index < -0.39 is 0 Å². The molecule has 0 aromatic heterocycles. The van der Waals surface area contributed by atoms with E-state index >= 15 is 0 Å². The van der Waals surface area contributed by atoms with E-state index in [1.54, 1.807) is 7.11 Å². The zero-order valence-electron chi connectivity index (χ0n) is 7.85. The van der Waals surface area contributed by atoms with Gasteiger partial charge in [0, 0.05) is 26.7 Å². The second-order valence-corrected chi connectivity index (χ2v) is 3.83. The lowest BCUT2D eigenvalue weighted by atomic mass is 9.80. The molecule has 3 nitrogen and oxygen atoms in total. The molecule has 0 bridgehead atoms. The van der Waals surface area contributed by atoms with Crippen molar-refractivity contribution in [3.05, 3.63) is 0 Å². The molecule has 1 unspecified atom stereocenters. The SMILES string of the molecule is COCCC1(C)CCC(=O)NC1. The molecule has 0 aliphatic carbocycles. The van der Waals surface area contributed by atoms with E-state index in [9.17, 15) is 4.79 Å². The van der Waals surface area contributed by atoms with Crippen molar-refractivity contribution in [3.63, 3.8) is 0 Å². The molecule has 1 saturated heterocycles. The number of amides is 1. The molecule has 1 rings (SSSR count). The molecule has 3 heteroatoms. The van der Waals surface area contributed by atoms with Crippen molar-refractivity contribution < 1.29 is 9.53 Å². The van der Waals surface area contributed by atoms with E-state index in [2.05, 4.69) is 12.2 Å². The van der Waals surface area contributed by atoms with Crippen LogP contribution in [0.5, 0.6) is 0 Å². The highest BCUT2D eigenvalue weighted by molar-refractivity contribution is 5.76. The summed E-state index contributed by atoms with van der Waals surface area (Å²) in [6, 6.07) is 0. The topological polar surface area (TPSA) is 38.3 Å². The van der Waals surface area contributed by atoms with Crippen LogP contribution in [0.1, 0.15) is 26.2 Å². The van der Waals surface area contributed by atoms with E-state index in [0.717, 1.165) is 26.0 Å². The third-order valence-corrected chi connectivity index (χ3v) is 2.58. The minimum absolute atomic E-state index is 0.185. The Kier molecular flexibility index (Phi) is 3.09. The van der Waals surface area contributed by atoms with Gasteiger partial charge in [-0.25, -0.2) is 0 Å². The van der Waals surface area contributed by atoms with Crippen LogP contribution in [-0.2, 0) is 9.53 Å². The maximum atomic E-state index is 10.9. The number of piperidine rings is 1. The molecule has 1 fully saturated rings. The van der Waals surface area contributed by atoms with Gasteiger partial charge in [0.15, 0.2) is 0 Å². The summed E-state index contributed by atoms with van der Waals surface area (Å²) in [6.45, 7) is 3.78. The lowest BCUT2D eigenvalue weighted by molar-refractivity contribution is -0.124. The molecule has 0 saturated carbocycles. The van der Waals surface area contributed by atoms with Crippen molar-refractivity contribution in [2.45, 2.75) is 26.2 Å². The lowest BCUT2D eigenvalue weighted by Crippen LogP contribution is -2.42. The van der Waals surface area contributed by atoms with Crippen molar-refractivity contribution in [1.82, 2.24) is 5.32 Å². The van der Waals surface area contributed by atoms with Crippen molar-refractivity contribution in [1.29, 1.82) is 0 Å². The predicted octanol–water partition coefficient (Wildman–Crippen LogP) is 0.939. The molecule has 1 heterocycles. The zero-order chi connectivity index (χ0) is 9.03. The minimum atomic E-state index is 0.185. The average molecular weight is 171 g/mol. The van der Waals surface area contributed by atoms with Gasteiger partial charge in [0.05, 0.1) is 0 Å². The van der Waals surface area contributed by atoms with Crippen LogP contribution in [0.2, 0.25) is 0 Å². The van der Waals surface area contributed by atoms with Crippen molar-refractivity contribution in [2.75, 3.05) is 20.3 Å². The fourth-order valence-electron chi connectivity index (χ4n) is 1.47. The molecule has 12 heavy (non-hydrogen) atoms. The Balaban J connectivity index is 2.34. The van der Waals surface area contributed by atoms with Crippen LogP contribution in [0, 0.1) is 5.41 Å². The Bertz CT molecular complexity index is 158. The summed E-state index contributed by atoms with van der Waals surface area (Å²) < 4.78 is 5.02. The van der Waals surface area contributed by atoms with E-state index in [1.807, 2.05) is 0 Å². The highest BCUT2D eigenvalue weighted by atomic mass is 16.5. The maximum absolute atomic E-state index is 10.9. The largest absolute Gasteiger partial charge is 0.385 e. The van der Waals surface area contributed by atoms with Crippen LogP contribution in [0.4, 0.5) is 0 Å². The van der Waals surface area contributed by atoms with Crippen molar-refractivity contribution in [3.8, 4) is 0 Å². The van der Waals surface area contributed by atoms with Gasteiger partial charge >= 0.3 is 0 Å². The van der Waals surface area contributed by atoms with E-state index in [-0.39, 0.29) is 11.3 Å². The highest BCUT2D eigenvalue weighted by Gasteiger charge is 2.29. The molecule has 0 aromatic carbocycles. The molecular formula is C9H17NO2. The second-order valence-electron chi connectivity index (χ2n) is 3.83. The van der Waals surface area contributed by atoms with E-state index in [1.165, 1.54) is 0 Å². The normalized spacial score (nSPS) is 30.0. The molecule has 0 radical (unpaired) electrons. The van der Waals surface area contributed by atoms with Crippen LogP contribution in [0.25, 0.3) is 0 Å². The first-order valence-corrected chi connectivity index (χ1v) is 4.42. The molecule has 1 aliphatic rings. The van der Waals surface area contributed by atoms with Crippen molar-refractivity contribution in [2.24, 2.45) is 5.41 Å². The smallest absolute Gasteiger partial charge is 0.220 e. The fourth-order valence-corrected chi connectivity index (χ4v) is 1.47. The molecule has 0 spiro atoms. The zero-order valence-corrected chi connectivity index (χ0v) is 7.85. The molecule has 0 aromatic rings. The van der Waals surface area contributed by atoms with Gasteiger partial charge in [-0.3, -0.25) is 4.79 Å². The fraction of sp³-hybridized carbons (Fsp3) is 0.889. The number of carbonyl (C=O) groups excluding carboxylic acids is 1. The number of methoxy groups -OCH3 is 1. The van der Waals surface area contributed by atoms with Crippen LogP contribution in [-0.4, -0.2) is 26.2 Å². The molecular weight excluding hydrogens is 154 g/mol. The van der Waals surface area contributed by atoms with Crippen LogP contribution < -0.4 is 5.32 Å². The first-order chi connectivity index (χ1) is 5.66. The maximum Gasteiger partial charge on any atom is 0.220 e. The Morgan fingerprint density at radius 2 is 2.42 bits per heavy atom. The molecule has 1 amide bonds. The van der Waals surface area contributed by atoms with Crippen LogP contribution >= 0.6 is 0 Å². The number of ether oxygens (including phenoxy) is 1. The van der Waals surface area contributed by atoms with Crippen LogP contribution in [0.15, 0.2) is 0 Å². The minimum Gasteiger partial charge on any atom is -0.385 e. The van der Waals surface area contributed by atoms with E-state index in [0.29, 0.717) is 6.42 Å². The Hall–Kier alpha value is -0.570. The van der Waals surface area contributed by atoms with Gasteiger partial charge in [-0.15, -0.1) is 0 Å². The van der Waals surface area contributed by atoms with Gasteiger partial charge in [-0.05, 0) is 18.3 Å². The third kappa shape index (κ3) is 2.48. The Morgan fingerprint density at radius 3 is 2.92 bits per heavy atom. The summed E-state index contributed by atoms with van der Waals surface area (Å²) in [6.07, 6.45) is 2.69. The summed E-state index contributed by atoms with van der Waals surface area (Å²) in [5.74, 6) is 0.185. The quantitative estimate of drug-likeness (QED) is 0.686. The number of nitrogens with one attached hydrogen (secondary N) is 1. The predicted molar refractivity (Wildman–Crippen MR) is 46.8 cm³/mol. The summed E-state index contributed by atoms with van der Waals surface area (Å²) >= 11 is 0. The summed E-state index contributed by atoms with van der Waals surface area (Å²) in [5, 5.41) is 2.89. The molecule has 1 atom stereocenters. The van der Waals surface area contributed by atoms with Gasteiger partial charge in [-0.1, -0.05) is 6.92 Å². The molecule has 1 aliphatic heterocycles. The summed E-state index contributed by atoms with van der Waals surface area (Å²) in [4.78, 5) is 10.9. The van der Waals surface area contributed by atoms with Gasteiger partial charge in [-0.2, -0.15) is 0 Å². The average Bonchev–Trinajstić information content (AvgIpc) is 2.08. The number of hydrogen-bond donors (Lipinski definition) is 1. The Morgan fingerprint density at radius 1 is 1.67 bits per heavy atom. The molecule has 70 valence electrons. The lowest BCUT2D eigenvalue weighted by Gasteiger charge is -2.33. The Labute approximate surface area is 73.5 Å². The first kappa shape index (κ1) is 9.52. The monoisotopic (exact) mass is 171 g/mol.